The van der Waals surface area contributed by atoms with Crippen LogP contribution >= 0.6 is 0 Å². The molecular weight excluding hydrogens is 248 g/mol. The van der Waals surface area contributed by atoms with Gasteiger partial charge in [0, 0.05) is 31.9 Å². The summed E-state index contributed by atoms with van der Waals surface area (Å²) in [4.78, 5) is 0. The Balaban J connectivity index is 2.13. The minimum atomic E-state index is 0.302. The van der Waals surface area contributed by atoms with Gasteiger partial charge in [-0.05, 0) is 36.3 Å². The highest BCUT2D eigenvalue weighted by Gasteiger charge is 2.06. The molecule has 0 aliphatic heterocycles. The lowest BCUT2D eigenvalue weighted by molar-refractivity contribution is 0.282. The molecule has 1 heterocycles. The molecule has 3 heteroatoms. The number of aromatic nitrogens is 1. The Kier molecular flexibility index (Phi) is 5.62. The van der Waals surface area contributed by atoms with Crippen LogP contribution in [0.2, 0.25) is 0 Å². The second-order valence-corrected chi connectivity index (χ2v) is 5.68. The smallest absolute Gasteiger partial charge is 0.0525 e. The maximum Gasteiger partial charge on any atom is 0.0525 e. The third-order valence-electron chi connectivity index (χ3n) is 3.63. The summed E-state index contributed by atoms with van der Waals surface area (Å²) in [5.74, 6) is 0. The number of rotatable bonds is 8. The van der Waals surface area contributed by atoms with E-state index in [-0.39, 0.29) is 0 Å². The molecule has 110 valence electrons. The number of unbranched alkanes of at least 4 members (excludes halogenated alkanes) is 2. The van der Waals surface area contributed by atoms with Crippen molar-refractivity contribution in [2.45, 2.75) is 52.2 Å². The van der Waals surface area contributed by atoms with Crippen molar-refractivity contribution in [2.75, 3.05) is 6.61 Å². The molecule has 1 aromatic carbocycles. The Morgan fingerprint density at radius 3 is 2.75 bits per heavy atom. The molecule has 0 spiro atoms. The van der Waals surface area contributed by atoms with E-state index in [0.29, 0.717) is 12.6 Å². The molecule has 0 amide bonds. The van der Waals surface area contributed by atoms with Crippen molar-refractivity contribution in [3.05, 3.63) is 36.0 Å². The lowest BCUT2D eigenvalue weighted by Gasteiger charge is -2.12. The van der Waals surface area contributed by atoms with E-state index < -0.39 is 0 Å². The highest BCUT2D eigenvalue weighted by molar-refractivity contribution is 5.83. The molecule has 0 bridgehead atoms. The number of hydrogen-bond acceptors (Lipinski definition) is 2. The maximum atomic E-state index is 8.85. The Morgan fingerprint density at radius 1 is 1.15 bits per heavy atom. The Morgan fingerprint density at radius 2 is 2.00 bits per heavy atom. The number of aliphatic hydroxyl groups is 1. The fraction of sp³-hybridized carbons (Fsp3) is 0.529. The fourth-order valence-corrected chi connectivity index (χ4v) is 2.55. The Hall–Kier alpha value is -1.32. The summed E-state index contributed by atoms with van der Waals surface area (Å²) in [5, 5.41) is 13.7. The number of aryl methyl sites for hydroxylation is 1. The van der Waals surface area contributed by atoms with Crippen LogP contribution in [-0.2, 0) is 13.1 Å². The zero-order valence-corrected chi connectivity index (χ0v) is 12.6. The predicted molar refractivity (Wildman–Crippen MR) is 84.9 cm³/mol. The van der Waals surface area contributed by atoms with Gasteiger partial charge in [-0.15, -0.1) is 0 Å². The van der Waals surface area contributed by atoms with Crippen LogP contribution in [0, 0.1) is 0 Å². The van der Waals surface area contributed by atoms with Gasteiger partial charge in [0.25, 0.3) is 0 Å². The van der Waals surface area contributed by atoms with Crippen LogP contribution < -0.4 is 5.32 Å². The summed E-state index contributed by atoms with van der Waals surface area (Å²) in [5.41, 5.74) is 2.72. The van der Waals surface area contributed by atoms with E-state index in [0.717, 1.165) is 32.4 Å². The van der Waals surface area contributed by atoms with Crippen LogP contribution in [0.25, 0.3) is 10.9 Å². The summed E-state index contributed by atoms with van der Waals surface area (Å²) >= 11 is 0. The third-order valence-corrected chi connectivity index (χ3v) is 3.63. The molecule has 20 heavy (non-hydrogen) atoms. The van der Waals surface area contributed by atoms with Gasteiger partial charge in [0.1, 0.15) is 0 Å². The maximum absolute atomic E-state index is 8.85. The SMILES string of the molecule is CC(C)NCc1cccc2ccn(CCCCCO)c12. The van der Waals surface area contributed by atoms with Crippen molar-refractivity contribution in [3.63, 3.8) is 0 Å². The lowest BCUT2D eigenvalue weighted by atomic mass is 10.1. The average Bonchev–Trinajstić information content (AvgIpc) is 2.85. The van der Waals surface area contributed by atoms with Crippen molar-refractivity contribution in [3.8, 4) is 0 Å². The molecule has 3 nitrogen and oxygen atoms in total. The van der Waals surface area contributed by atoms with E-state index in [1.54, 1.807) is 0 Å². The van der Waals surface area contributed by atoms with Crippen LogP contribution in [0.1, 0.15) is 38.7 Å². The van der Waals surface area contributed by atoms with Gasteiger partial charge in [0.2, 0.25) is 0 Å². The topological polar surface area (TPSA) is 37.2 Å². The average molecular weight is 274 g/mol. The number of nitrogens with zero attached hydrogens (tertiary/aromatic N) is 1. The minimum Gasteiger partial charge on any atom is -0.396 e. The van der Waals surface area contributed by atoms with Gasteiger partial charge >= 0.3 is 0 Å². The number of aliphatic hydroxyl groups excluding tert-OH is 1. The fourth-order valence-electron chi connectivity index (χ4n) is 2.55. The molecule has 0 atom stereocenters. The van der Waals surface area contributed by atoms with E-state index in [1.807, 2.05) is 0 Å². The molecule has 0 aliphatic carbocycles. The van der Waals surface area contributed by atoms with Crippen molar-refractivity contribution in [1.29, 1.82) is 0 Å². The highest BCUT2D eigenvalue weighted by atomic mass is 16.2. The molecule has 0 saturated carbocycles. The Bertz CT molecular complexity index is 531. The predicted octanol–water partition coefficient (Wildman–Crippen LogP) is 3.30. The molecule has 1 aromatic heterocycles. The van der Waals surface area contributed by atoms with E-state index in [9.17, 15) is 0 Å². The second-order valence-electron chi connectivity index (χ2n) is 5.68. The van der Waals surface area contributed by atoms with Crippen LogP contribution in [0.15, 0.2) is 30.5 Å². The van der Waals surface area contributed by atoms with E-state index >= 15 is 0 Å². The largest absolute Gasteiger partial charge is 0.396 e. The molecule has 0 aliphatic rings. The summed E-state index contributed by atoms with van der Waals surface area (Å²) in [7, 11) is 0. The van der Waals surface area contributed by atoms with Crippen molar-refractivity contribution in [1.82, 2.24) is 9.88 Å². The molecule has 2 N–H and O–H groups in total. The van der Waals surface area contributed by atoms with Crippen LogP contribution in [-0.4, -0.2) is 22.3 Å². The first-order valence-electron chi connectivity index (χ1n) is 7.63. The summed E-state index contributed by atoms with van der Waals surface area (Å²) < 4.78 is 2.35. The molecule has 2 aromatic rings. The number of para-hydroxylation sites is 1. The van der Waals surface area contributed by atoms with Crippen LogP contribution in [0.4, 0.5) is 0 Å². The molecular formula is C17H26N2O. The molecule has 0 radical (unpaired) electrons. The number of benzene rings is 1. The lowest BCUT2D eigenvalue weighted by Crippen LogP contribution is -2.22. The van der Waals surface area contributed by atoms with Gasteiger partial charge in [-0.1, -0.05) is 32.0 Å². The number of hydrogen-bond donors (Lipinski definition) is 2. The summed E-state index contributed by atoms with van der Waals surface area (Å²) in [6.45, 7) is 6.59. The standard InChI is InChI=1S/C17H26N2O/c1-14(2)18-13-16-8-6-7-15-9-11-19(17(15)16)10-4-3-5-12-20/h6-9,11,14,18,20H,3-5,10,12-13H2,1-2H3. The van der Waals surface area contributed by atoms with E-state index in [1.165, 1.54) is 16.5 Å². The minimum absolute atomic E-state index is 0.302. The first kappa shape index (κ1) is 15.1. The van der Waals surface area contributed by atoms with Gasteiger partial charge in [-0.25, -0.2) is 0 Å². The monoisotopic (exact) mass is 274 g/mol. The van der Waals surface area contributed by atoms with Crippen LogP contribution in [0.3, 0.4) is 0 Å². The van der Waals surface area contributed by atoms with Gasteiger partial charge < -0.3 is 15.0 Å². The molecule has 0 fully saturated rings. The Labute approximate surface area is 121 Å². The third kappa shape index (κ3) is 3.84. The molecule has 2 rings (SSSR count). The van der Waals surface area contributed by atoms with Gasteiger partial charge in [-0.2, -0.15) is 0 Å². The first-order chi connectivity index (χ1) is 9.72. The van der Waals surface area contributed by atoms with Crippen LogP contribution in [0.5, 0.6) is 0 Å². The first-order valence-corrected chi connectivity index (χ1v) is 7.63. The zero-order valence-electron chi connectivity index (χ0n) is 12.6. The van der Waals surface area contributed by atoms with Gasteiger partial charge in [-0.3, -0.25) is 0 Å². The number of fused-ring (bicyclic) bond motifs is 1. The second kappa shape index (κ2) is 7.46. The van der Waals surface area contributed by atoms with Gasteiger partial charge in [0.05, 0.1) is 5.52 Å². The van der Waals surface area contributed by atoms with Crippen molar-refractivity contribution < 1.29 is 5.11 Å². The zero-order chi connectivity index (χ0) is 14.4. The van der Waals surface area contributed by atoms with Crippen molar-refractivity contribution in [2.24, 2.45) is 0 Å². The summed E-state index contributed by atoms with van der Waals surface area (Å²) in [6.07, 6.45) is 5.29. The van der Waals surface area contributed by atoms with Crippen molar-refractivity contribution >= 4 is 10.9 Å². The quantitative estimate of drug-likeness (QED) is 0.725. The number of nitrogens with one attached hydrogen (secondary N) is 1. The molecule has 0 unspecified atom stereocenters. The highest BCUT2D eigenvalue weighted by Crippen LogP contribution is 2.21. The molecule has 0 saturated heterocycles. The van der Waals surface area contributed by atoms with E-state index in [4.69, 9.17) is 5.11 Å². The van der Waals surface area contributed by atoms with Gasteiger partial charge in [0.15, 0.2) is 0 Å². The van der Waals surface area contributed by atoms with E-state index in [2.05, 4.69) is 54.2 Å². The summed E-state index contributed by atoms with van der Waals surface area (Å²) in [6, 6.07) is 9.22. The normalized spacial score (nSPS) is 11.6.